The van der Waals surface area contributed by atoms with Gasteiger partial charge in [0, 0.05) is 0 Å². The molecule has 0 spiro atoms. The summed E-state index contributed by atoms with van der Waals surface area (Å²) in [6.07, 6.45) is 13.6. The highest BCUT2D eigenvalue weighted by Crippen LogP contribution is 2.40. The lowest BCUT2D eigenvalue weighted by atomic mass is 9.67. The molecule has 0 aromatic heterocycles. The molecule has 0 aliphatic heterocycles. The fourth-order valence-corrected chi connectivity index (χ4v) is 3.46. The van der Waals surface area contributed by atoms with E-state index in [-0.39, 0.29) is 0 Å². The van der Waals surface area contributed by atoms with Crippen molar-refractivity contribution in [2.24, 2.45) is 17.1 Å². The highest BCUT2D eigenvalue weighted by Gasteiger charge is 2.32. The van der Waals surface area contributed by atoms with Gasteiger partial charge in [-0.25, -0.2) is 0 Å². The van der Waals surface area contributed by atoms with Gasteiger partial charge in [0.25, 0.3) is 0 Å². The molecule has 0 saturated carbocycles. The van der Waals surface area contributed by atoms with Crippen molar-refractivity contribution in [3.8, 4) is 0 Å². The third-order valence-electron chi connectivity index (χ3n) is 5.17. The van der Waals surface area contributed by atoms with Crippen LogP contribution in [0.2, 0.25) is 0 Å². The zero-order chi connectivity index (χ0) is 13.9. The Morgan fingerprint density at radius 2 is 1.28 bits per heavy atom. The average Bonchev–Trinajstić information content (AvgIpc) is 2.42. The van der Waals surface area contributed by atoms with Crippen LogP contribution in [0, 0.1) is 11.3 Å². The molecule has 1 atom stereocenters. The van der Waals surface area contributed by atoms with E-state index in [9.17, 15) is 0 Å². The van der Waals surface area contributed by atoms with Crippen molar-refractivity contribution in [3.05, 3.63) is 0 Å². The van der Waals surface area contributed by atoms with E-state index in [2.05, 4.69) is 27.7 Å². The van der Waals surface area contributed by atoms with E-state index in [1.807, 2.05) is 0 Å². The minimum atomic E-state index is 0.512. The summed E-state index contributed by atoms with van der Waals surface area (Å²) in [6.45, 7) is 10.2. The van der Waals surface area contributed by atoms with Gasteiger partial charge in [-0.1, -0.05) is 85.5 Å². The van der Waals surface area contributed by atoms with E-state index >= 15 is 0 Å². The first kappa shape index (κ1) is 18.0. The molecule has 1 unspecified atom stereocenters. The molecule has 18 heavy (non-hydrogen) atoms. The summed E-state index contributed by atoms with van der Waals surface area (Å²) < 4.78 is 0. The predicted octanol–water partition coefficient (Wildman–Crippen LogP) is 5.53. The molecule has 1 nitrogen and oxygen atoms in total. The molecule has 0 aromatic carbocycles. The fraction of sp³-hybridized carbons (Fsp3) is 1.00. The Morgan fingerprint density at radius 1 is 0.778 bits per heavy atom. The smallest absolute Gasteiger partial charge is 0.00436 e. The number of hydrogen-bond donors (Lipinski definition) is 1. The number of rotatable bonds is 12. The normalized spacial score (nSPS) is 13.8. The van der Waals surface area contributed by atoms with Crippen LogP contribution in [0.4, 0.5) is 0 Å². The molecule has 0 fully saturated rings. The van der Waals surface area contributed by atoms with Crippen LogP contribution in [-0.4, -0.2) is 6.54 Å². The zero-order valence-corrected chi connectivity index (χ0v) is 13.4. The molecular weight excluding hydrogens is 218 g/mol. The maximum atomic E-state index is 6.05. The Balaban J connectivity index is 4.01. The molecule has 0 heterocycles. The van der Waals surface area contributed by atoms with Crippen molar-refractivity contribution in [1.29, 1.82) is 0 Å². The molecule has 0 aliphatic rings. The van der Waals surface area contributed by atoms with E-state index in [1.54, 1.807) is 0 Å². The van der Waals surface area contributed by atoms with Crippen LogP contribution < -0.4 is 5.73 Å². The van der Waals surface area contributed by atoms with Gasteiger partial charge >= 0.3 is 0 Å². The van der Waals surface area contributed by atoms with Gasteiger partial charge in [-0.05, 0) is 24.3 Å². The summed E-state index contributed by atoms with van der Waals surface area (Å²) in [5.41, 5.74) is 6.56. The first-order valence-corrected chi connectivity index (χ1v) is 8.40. The van der Waals surface area contributed by atoms with E-state index in [1.165, 1.54) is 64.2 Å². The van der Waals surface area contributed by atoms with Gasteiger partial charge in [-0.3, -0.25) is 0 Å². The van der Waals surface area contributed by atoms with Crippen molar-refractivity contribution in [2.75, 3.05) is 6.54 Å². The Kier molecular flexibility index (Phi) is 10.8. The Labute approximate surface area is 116 Å². The maximum Gasteiger partial charge on any atom is -0.00436 e. The van der Waals surface area contributed by atoms with Crippen LogP contribution in [-0.2, 0) is 0 Å². The van der Waals surface area contributed by atoms with Gasteiger partial charge in [-0.2, -0.15) is 0 Å². The van der Waals surface area contributed by atoms with Crippen LogP contribution in [0.3, 0.4) is 0 Å². The van der Waals surface area contributed by atoms with Crippen molar-refractivity contribution < 1.29 is 0 Å². The van der Waals surface area contributed by atoms with Crippen LogP contribution in [0.25, 0.3) is 0 Å². The van der Waals surface area contributed by atoms with Crippen molar-refractivity contribution in [3.63, 3.8) is 0 Å². The molecule has 0 saturated heterocycles. The SMILES string of the molecule is CCCCCCCCC(CN)C(CC)(CC)CC. The van der Waals surface area contributed by atoms with Crippen molar-refractivity contribution in [1.82, 2.24) is 0 Å². The van der Waals surface area contributed by atoms with Gasteiger partial charge in [0.2, 0.25) is 0 Å². The minimum absolute atomic E-state index is 0.512. The quantitative estimate of drug-likeness (QED) is 0.456. The first-order chi connectivity index (χ1) is 8.70. The summed E-state index contributed by atoms with van der Waals surface area (Å²) in [5, 5.41) is 0. The second-order valence-electron chi connectivity index (χ2n) is 5.91. The average molecular weight is 255 g/mol. The van der Waals surface area contributed by atoms with Gasteiger partial charge in [0.05, 0.1) is 0 Å². The van der Waals surface area contributed by atoms with E-state index in [0.29, 0.717) is 5.41 Å². The topological polar surface area (TPSA) is 26.0 Å². The van der Waals surface area contributed by atoms with Crippen LogP contribution in [0.1, 0.15) is 91.9 Å². The predicted molar refractivity (Wildman–Crippen MR) is 83.8 cm³/mol. The lowest BCUT2D eigenvalue weighted by molar-refractivity contribution is 0.128. The molecule has 0 radical (unpaired) electrons. The van der Waals surface area contributed by atoms with E-state index in [4.69, 9.17) is 5.73 Å². The summed E-state index contributed by atoms with van der Waals surface area (Å²) in [5.74, 6) is 0.740. The summed E-state index contributed by atoms with van der Waals surface area (Å²) in [4.78, 5) is 0. The number of unbranched alkanes of at least 4 members (excludes halogenated alkanes) is 5. The lowest BCUT2D eigenvalue weighted by Crippen LogP contribution is -2.34. The third kappa shape index (κ3) is 5.73. The molecule has 0 aromatic rings. The molecule has 2 N–H and O–H groups in total. The third-order valence-corrected chi connectivity index (χ3v) is 5.17. The molecule has 0 aliphatic carbocycles. The molecule has 0 amide bonds. The summed E-state index contributed by atoms with van der Waals surface area (Å²) in [7, 11) is 0. The Morgan fingerprint density at radius 3 is 1.72 bits per heavy atom. The zero-order valence-electron chi connectivity index (χ0n) is 13.4. The van der Waals surface area contributed by atoms with Gasteiger partial charge in [0.1, 0.15) is 0 Å². The molecule has 1 heteroatoms. The second kappa shape index (κ2) is 10.8. The standard InChI is InChI=1S/C17H37N/c1-5-9-10-11-12-13-14-16(15-18)17(6-2,7-3)8-4/h16H,5-15,18H2,1-4H3. The highest BCUT2D eigenvalue weighted by atomic mass is 14.6. The Hall–Kier alpha value is -0.0400. The van der Waals surface area contributed by atoms with E-state index in [0.717, 1.165) is 12.5 Å². The second-order valence-corrected chi connectivity index (χ2v) is 5.91. The van der Waals surface area contributed by atoms with Crippen LogP contribution in [0.5, 0.6) is 0 Å². The molecular formula is C17H37N. The summed E-state index contributed by atoms with van der Waals surface area (Å²) >= 11 is 0. The fourth-order valence-electron chi connectivity index (χ4n) is 3.46. The monoisotopic (exact) mass is 255 g/mol. The highest BCUT2D eigenvalue weighted by molar-refractivity contribution is 4.84. The molecule has 0 bridgehead atoms. The molecule has 0 rings (SSSR count). The van der Waals surface area contributed by atoms with Crippen molar-refractivity contribution >= 4 is 0 Å². The first-order valence-electron chi connectivity index (χ1n) is 8.40. The lowest BCUT2D eigenvalue weighted by Gasteiger charge is -2.39. The summed E-state index contributed by atoms with van der Waals surface area (Å²) in [6, 6.07) is 0. The number of hydrogen-bond acceptors (Lipinski definition) is 1. The van der Waals surface area contributed by atoms with Gasteiger partial charge in [-0.15, -0.1) is 0 Å². The van der Waals surface area contributed by atoms with Crippen LogP contribution >= 0.6 is 0 Å². The van der Waals surface area contributed by atoms with Gasteiger partial charge in [0.15, 0.2) is 0 Å². The van der Waals surface area contributed by atoms with Gasteiger partial charge < -0.3 is 5.73 Å². The van der Waals surface area contributed by atoms with Crippen LogP contribution in [0.15, 0.2) is 0 Å². The number of nitrogens with two attached hydrogens (primary N) is 1. The largest absolute Gasteiger partial charge is 0.330 e. The Bertz CT molecular complexity index is 164. The molecule has 110 valence electrons. The maximum absolute atomic E-state index is 6.05. The van der Waals surface area contributed by atoms with E-state index < -0.39 is 0 Å². The van der Waals surface area contributed by atoms with Crippen molar-refractivity contribution in [2.45, 2.75) is 91.9 Å². The minimum Gasteiger partial charge on any atom is -0.330 e.